The molecule has 1 heterocycles. The monoisotopic (exact) mass is 252 g/mol. The Morgan fingerprint density at radius 1 is 1.47 bits per heavy atom. The number of ether oxygens (including phenoxy) is 1. The Kier molecular flexibility index (Phi) is 4.75. The molecule has 0 saturated carbocycles. The van der Waals surface area contributed by atoms with Crippen molar-refractivity contribution in [2.24, 2.45) is 0 Å². The number of benzene rings is 1. The lowest BCUT2D eigenvalue weighted by molar-refractivity contribution is 0.159. The van der Waals surface area contributed by atoms with E-state index in [1.807, 2.05) is 23.9 Å². The smallest absolute Gasteiger partial charge is 0.128 e. The number of aliphatic hydroxyl groups excluding tert-OH is 1. The molecule has 1 atom stereocenters. The molecule has 1 aromatic carbocycles. The topological polar surface area (TPSA) is 29.5 Å². The third kappa shape index (κ3) is 3.17. The van der Waals surface area contributed by atoms with Crippen molar-refractivity contribution >= 4 is 11.8 Å². The van der Waals surface area contributed by atoms with Crippen LogP contribution in [-0.2, 0) is 6.42 Å². The average molecular weight is 252 g/mol. The number of aryl methyl sites for hydroxylation is 1. The zero-order valence-electron chi connectivity index (χ0n) is 10.3. The van der Waals surface area contributed by atoms with Gasteiger partial charge in [0, 0.05) is 5.56 Å². The Bertz CT molecular complexity index is 365. The van der Waals surface area contributed by atoms with Gasteiger partial charge in [0.2, 0.25) is 0 Å². The van der Waals surface area contributed by atoms with Crippen molar-refractivity contribution in [3.05, 3.63) is 29.3 Å². The molecule has 17 heavy (non-hydrogen) atoms. The van der Waals surface area contributed by atoms with Gasteiger partial charge in [0.05, 0.1) is 12.7 Å². The summed E-state index contributed by atoms with van der Waals surface area (Å²) in [6.45, 7) is 0.779. The lowest BCUT2D eigenvalue weighted by Crippen LogP contribution is -2.12. The molecule has 0 aliphatic carbocycles. The zero-order valence-corrected chi connectivity index (χ0v) is 11.1. The third-order valence-corrected chi connectivity index (χ3v) is 3.85. The van der Waals surface area contributed by atoms with E-state index in [0.717, 1.165) is 49.4 Å². The molecule has 0 bridgehead atoms. The largest absolute Gasteiger partial charge is 0.493 e. The van der Waals surface area contributed by atoms with Crippen LogP contribution in [0.4, 0.5) is 0 Å². The maximum absolute atomic E-state index is 10.2. The van der Waals surface area contributed by atoms with Crippen molar-refractivity contribution in [3.63, 3.8) is 0 Å². The molecule has 94 valence electrons. The van der Waals surface area contributed by atoms with E-state index < -0.39 is 0 Å². The first-order valence-electron chi connectivity index (χ1n) is 6.24. The van der Waals surface area contributed by atoms with Crippen LogP contribution in [-0.4, -0.2) is 23.7 Å². The van der Waals surface area contributed by atoms with Gasteiger partial charge in [0.15, 0.2) is 0 Å². The quantitative estimate of drug-likeness (QED) is 0.816. The number of fused-ring (bicyclic) bond motifs is 1. The van der Waals surface area contributed by atoms with E-state index in [1.54, 1.807) is 0 Å². The van der Waals surface area contributed by atoms with Crippen LogP contribution in [0, 0.1) is 0 Å². The Morgan fingerprint density at radius 2 is 2.35 bits per heavy atom. The average Bonchev–Trinajstić information content (AvgIpc) is 2.38. The molecule has 0 saturated heterocycles. The van der Waals surface area contributed by atoms with Gasteiger partial charge in [0.1, 0.15) is 5.75 Å². The van der Waals surface area contributed by atoms with Crippen molar-refractivity contribution < 1.29 is 9.84 Å². The molecule has 1 aromatic rings. The molecular formula is C14H20O2S. The van der Waals surface area contributed by atoms with E-state index in [-0.39, 0.29) is 6.10 Å². The van der Waals surface area contributed by atoms with Gasteiger partial charge in [-0.2, -0.15) is 11.8 Å². The summed E-state index contributed by atoms with van der Waals surface area (Å²) in [5.41, 5.74) is 2.22. The normalized spacial score (nSPS) is 16.1. The predicted octanol–water partition coefficient (Wildman–Crippen LogP) is 3.19. The SMILES string of the molecule is CSCCCC(O)c1cccc2c1OCCC2. The van der Waals surface area contributed by atoms with E-state index in [9.17, 15) is 5.11 Å². The molecule has 2 rings (SSSR count). The Morgan fingerprint density at radius 3 is 3.18 bits per heavy atom. The number of para-hydroxylation sites is 1. The number of hydrogen-bond acceptors (Lipinski definition) is 3. The number of aliphatic hydroxyl groups is 1. The molecule has 2 nitrogen and oxygen atoms in total. The second-order valence-electron chi connectivity index (χ2n) is 4.44. The summed E-state index contributed by atoms with van der Waals surface area (Å²) in [4.78, 5) is 0. The Balaban J connectivity index is 2.09. The Hall–Kier alpha value is -0.670. The van der Waals surface area contributed by atoms with E-state index in [4.69, 9.17) is 4.74 Å². The summed E-state index contributed by atoms with van der Waals surface area (Å²) in [5.74, 6) is 2.04. The maximum Gasteiger partial charge on any atom is 0.128 e. The number of rotatable bonds is 5. The van der Waals surface area contributed by atoms with Crippen LogP contribution < -0.4 is 4.74 Å². The van der Waals surface area contributed by atoms with Crippen LogP contribution >= 0.6 is 11.8 Å². The molecule has 0 radical (unpaired) electrons. The first-order chi connectivity index (χ1) is 8.33. The first kappa shape index (κ1) is 12.8. The van der Waals surface area contributed by atoms with Crippen LogP contribution in [0.1, 0.15) is 36.5 Å². The van der Waals surface area contributed by atoms with Gasteiger partial charge in [-0.3, -0.25) is 0 Å². The van der Waals surface area contributed by atoms with Crippen LogP contribution in [0.5, 0.6) is 5.75 Å². The molecule has 1 aliphatic rings. The van der Waals surface area contributed by atoms with Gasteiger partial charge < -0.3 is 9.84 Å². The van der Waals surface area contributed by atoms with Gasteiger partial charge >= 0.3 is 0 Å². The highest BCUT2D eigenvalue weighted by atomic mass is 32.2. The molecule has 1 N–H and O–H groups in total. The molecule has 1 aliphatic heterocycles. The van der Waals surface area contributed by atoms with Gasteiger partial charge in [0.25, 0.3) is 0 Å². The van der Waals surface area contributed by atoms with Gasteiger partial charge in [-0.05, 0) is 43.3 Å². The highest BCUT2D eigenvalue weighted by Gasteiger charge is 2.18. The van der Waals surface area contributed by atoms with E-state index in [2.05, 4.69) is 12.3 Å². The second-order valence-corrected chi connectivity index (χ2v) is 5.42. The summed E-state index contributed by atoms with van der Waals surface area (Å²) >= 11 is 1.83. The summed E-state index contributed by atoms with van der Waals surface area (Å²) in [5, 5.41) is 10.2. The minimum Gasteiger partial charge on any atom is -0.493 e. The molecule has 0 aromatic heterocycles. The number of thioether (sulfide) groups is 1. The van der Waals surface area contributed by atoms with Crippen LogP contribution in [0.25, 0.3) is 0 Å². The fourth-order valence-corrected chi connectivity index (χ4v) is 2.71. The summed E-state index contributed by atoms with van der Waals surface area (Å²) in [6, 6.07) is 6.13. The summed E-state index contributed by atoms with van der Waals surface area (Å²) in [7, 11) is 0. The van der Waals surface area contributed by atoms with Crippen molar-refractivity contribution in [2.75, 3.05) is 18.6 Å². The minimum atomic E-state index is -0.379. The standard InChI is InChI=1S/C14H20O2S/c1-17-10-4-8-13(15)12-7-2-5-11-6-3-9-16-14(11)12/h2,5,7,13,15H,3-4,6,8-10H2,1H3. The van der Waals surface area contributed by atoms with Gasteiger partial charge in [-0.1, -0.05) is 18.2 Å². The maximum atomic E-state index is 10.2. The Labute approximate surface area is 107 Å². The van der Waals surface area contributed by atoms with Gasteiger partial charge in [-0.25, -0.2) is 0 Å². The highest BCUT2D eigenvalue weighted by Crippen LogP contribution is 2.34. The zero-order chi connectivity index (χ0) is 12.1. The fourth-order valence-electron chi connectivity index (χ4n) is 2.25. The molecule has 0 amide bonds. The number of hydrogen-bond donors (Lipinski definition) is 1. The van der Waals surface area contributed by atoms with E-state index in [0.29, 0.717) is 0 Å². The van der Waals surface area contributed by atoms with Crippen LogP contribution in [0.3, 0.4) is 0 Å². The second kappa shape index (κ2) is 6.31. The molecule has 3 heteroatoms. The van der Waals surface area contributed by atoms with Gasteiger partial charge in [-0.15, -0.1) is 0 Å². The van der Waals surface area contributed by atoms with Crippen molar-refractivity contribution in [1.29, 1.82) is 0 Å². The van der Waals surface area contributed by atoms with E-state index >= 15 is 0 Å². The summed E-state index contributed by atoms with van der Waals surface area (Å²) < 4.78 is 5.72. The third-order valence-electron chi connectivity index (χ3n) is 3.15. The van der Waals surface area contributed by atoms with Crippen LogP contribution in [0.2, 0.25) is 0 Å². The van der Waals surface area contributed by atoms with Crippen molar-refractivity contribution in [1.82, 2.24) is 0 Å². The predicted molar refractivity (Wildman–Crippen MR) is 72.8 cm³/mol. The van der Waals surface area contributed by atoms with Crippen LogP contribution in [0.15, 0.2) is 18.2 Å². The highest BCUT2D eigenvalue weighted by molar-refractivity contribution is 7.98. The van der Waals surface area contributed by atoms with E-state index in [1.165, 1.54) is 5.56 Å². The first-order valence-corrected chi connectivity index (χ1v) is 7.64. The molecule has 0 fully saturated rings. The lowest BCUT2D eigenvalue weighted by Gasteiger charge is -2.22. The van der Waals surface area contributed by atoms with Crippen molar-refractivity contribution in [3.8, 4) is 5.75 Å². The minimum absolute atomic E-state index is 0.379. The molecule has 1 unspecified atom stereocenters. The van der Waals surface area contributed by atoms with Crippen molar-refractivity contribution in [2.45, 2.75) is 31.8 Å². The molecule has 0 spiro atoms. The molecular weight excluding hydrogens is 232 g/mol. The lowest BCUT2D eigenvalue weighted by atomic mass is 9.97. The fraction of sp³-hybridized carbons (Fsp3) is 0.571. The summed E-state index contributed by atoms with van der Waals surface area (Å²) in [6.07, 6.45) is 5.74.